The number of nitrogens with one attached hydrogen (secondary N) is 1. The number of carboxylic acids is 1. The van der Waals surface area contributed by atoms with Crippen LogP contribution >= 0.6 is 0 Å². The van der Waals surface area contributed by atoms with Crippen LogP contribution in [0.4, 0.5) is 0 Å². The van der Waals surface area contributed by atoms with Crippen molar-refractivity contribution >= 4 is 11.9 Å². The maximum atomic E-state index is 11.8. The van der Waals surface area contributed by atoms with E-state index in [4.69, 9.17) is 5.11 Å². The van der Waals surface area contributed by atoms with Crippen LogP contribution in [-0.2, 0) is 9.59 Å². The zero-order valence-electron chi connectivity index (χ0n) is 10.2. The third kappa shape index (κ3) is 2.99. The molecule has 17 heavy (non-hydrogen) atoms. The van der Waals surface area contributed by atoms with Crippen LogP contribution in [0.5, 0.6) is 0 Å². The number of carbonyl (C=O) groups is 2. The summed E-state index contributed by atoms with van der Waals surface area (Å²) >= 11 is 0. The number of hydrogen-bond acceptors (Lipinski definition) is 2. The first kappa shape index (κ1) is 12.4. The van der Waals surface area contributed by atoms with Crippen LogP contribution in [0.15, 0.2) is 0 Å². The number of rotatable bonds is 6. The van der Waals surface area contributed by atoms with Gasteiger partial charge >= 0.3 is 5.97 Å². The van der Waals surface area contributed by atoms with Crippen molar-refractivity contribution in [3.05, 3.63) is 0 Å². The molecule has 1 unspecified atom stereocenters. The summed E-state index contributed by atoms with van der Waals surface area (Å²) in [6.07, 6.45) is 7.69. The lowest BCUT2D eigenvalue weighted by molar-refractivity contribution is -0.137. The molecule has 1 spiro atoms. The highest BCUT2D eigenvalue weighted by atomic mass is 16.4. The van der Waals surface area contributed by atoms with E-state index in [-0.39, 0.29) is 18.2 Å². The number of aliphatic carboxylic acids is 1. The fourth-order valence-electron chi connectivity index (χ4n) is 3.09. The summed E-state index contributed by atoms with van der Waals surface area (Å²) in [5, 5.41) is 11.4. The zero-order valence-corrected chi connectivity index (χ0v) is 10.2. The van der Waals surface area contributed by atoms with Gasteiger partial charge in [0.2, 0.25) is 5.91 Å². The number of carboxylic acid groups (broad SMARTS) is 1. The first-order valence-electron chi connectivity index (χ1n) is 6.64. The van der Waals surface area contributed by atoms with Crippen molar-refractivity contribution in [2.45, 2.75) is 51.4 Å². The lowest BCUT2D eigenvalue weighted by Crippen LogP contribution is -2.28. The maximum Gasteiger partial charge on any atom is 0.303 e. The molecule has 2 fully saturated rings. The number of hydrogen-bond donors (Lipinski definition) is 2. The van der Waals surface area contributed by atoms with E-state index in [0.29, 0.717) is 18.4 Å². The highest BCUT2D eigenvalue weighted by molar-refractivity contribution is 5.82. The van der Waals surface area contributed by atoms with Crippen LogP contribution in [0, 0.1) is 11.3 Å². The van der Waals surface area contributed by atoms with Crippen molar-refractivity contribution in [3.8, 4) is 0 Å². The minimum atomic E-state index is -0.761. The summed E-state index contributed by atoms with van der Waals surface area (Å²) in [5.41, 5.74) is 0.366. The molecule has 0 aromatic carbocycles. The first-order chi connectivity index (χ1) is 8.14. The van der Waals surface area contributed by atoms with E-state index in [1.165, 1.54) is 25.7 Å². The number of unbranched alkanes of at least 4 members (excludes halogenated alkanes) is 1. The summed E-state index contributed by atoms with van der Waals surface area (Å²) in [6, 6.07) is 0. The van der Waals surface area contributed by atoms with Crippen molar-refractivity contribution in [2.75, 3.05) is 6.54 Å². The molecule has 0 aromatic heterocycles. The molecule has 2 N–H and O–H groups in total. The Morgan fingerprint density at radius 2 is 1.94 bits per heavy atom. The summed E-state index contributed by atoms with van der Waals surface area (Å²) in [4.78, 5) is 22.1. The van der Waals surface area contributed by atoms with Crippen molar-refractivity contribution in [2.24, 2.45) is 11.3 Å². The Balaban J connectivity index is 1.58. The second-order valence-electron chi connectivity index (χ2n) is 5.47. The molecule has 2 saturated carbocycles. The predicted molar refractivity (Wildman–Crippen MR) is 63.5 cm³/mol. The summed E-state index contributed by atoms with van der Waals surface area (Å²) in [7, 11) is 0. The van der Waals surface area contributed by atoms with Gasteiger partial charge in [-0.15, -0.1) is 0 Å². The SMILES string of the molecule is O=C(O)CCCCNC(=O)C1CC12CCCC2. The first-order valence-corrected chi connectivity index (χ1v) is 6.64. The second kappa shape index (κ2) is 5.07. The van der Waals surface area contributed by atoms with Gasteiger partial charge in [0, 0.05) is 18.9 Å². The standard InChI is InChI=1S/C13H21NO3/c15-11(16)5-1-4-8-14-12(17)10-9-13(10)6-2-3-7-13/h10H,1-9H2,(H,14,17)(H,15,16). The van der Waals surface area contributed by atoms with Crippen molar-refractivity contribution in [1.82, 2.24) is 5.32 Å². The molecule has 0 bridgehead atoms. The van der Waals surface area contributed by atoms with Gasteiger partial charge in [0.05, 0.1) is 0 Å². The molecule has 0 aliphatic heterocycles. The van der Waals surface area contributed by atoms with Gasteiger partial charge in [-0.2, -0.15) is 0 Å². The van der Waals surface area contributed by atoms with Crippen molar-refractivity contribution in [3.63, 3.8) is 0 Å². The maximum absolute atomic E-state index is 11.8. The molecule has 2 rings (SSSR count). The van der Waals surface area contributed by atoms with E-state index >= 15 is 0 Å². The smallest absolute Gasteiger partial charge is 0.303 e. The van der Waals surface area contributed by atoms with Crippen LogP contribution in [0.2, 0.25) is 0 Å². The van der Waals surface area contributed by atoms with Gasteiger partial charge in [-0.1, -0.05) is 12.8 Å². The summed E-state index contributed by atoms with van der Waals surface area (Å²) in [5.74, 6) is -0.310. The summed E-state index contributed by atoms with van der Waals surface area (Å²) < 4.78 is 0. The van der Waals surface area contributed by atoms with Crippen LogP contribution in [-0.4, -0.2) is 23.5 Å². The quantitative estimate of drug-likeness (QED) is 0.696. The monoisotopic (exact) mass is 239 g/mol. The van der Waals surface area contributed by atoms with E-state index in [1.54, 1.807) is 0 Å². The molecule has 0 aromatic rings. The number of carbonyl (C=O) groups excluding carboxylic acids is 1. The molecule has 0 heterocycles. The molecule has 2 aliphatic rings. The van der Waals surface area contributed by atoms with Gasteiger partial charge in [0.25, 0.3) is 0 Å². The Kier molecular flexibility index (Phi) is 3.69. The molecular weight excluding hydrogens is 218 g/mol. The van der Waals surface area contributed by atoms with Gasteiger partial charge in [0.15, 0.2) is 0 Å². The fourth-order valence-corrected chi connectivity index (χ4v) is 3.09. The van der Waals surface area contributed by atoms with Gasteiger partial charge in [-0.05, 0) is 37.5 Å². The average Bonchev–Trinajstić information content (AvgIpc) is 2.76. The number of amides is 1. The van der Waals surface area contributed by atoms with Crippen LogP contribution in [0.3, 0.4) is 0 Å². The highest BCUT2D eigenvalue weighted by Gasteiger charge is 2.58. The van der Waals surface area contributed by atoms with E-state index < -0.39 is 5.97 Å². The molecule has 2 aliphatic carbocycles. The van der Waals surface area contributed by atoms with E-state index in [1.807, 2.05) is 0 Å². The predicted octanol–water partition coefficient (Wildman–Crippen LogP) is 1.94. The normalized spacial score (nSPS) is 24.8. The van der Waals surface area contributed by atoms with Gasteiger partial charge < -0.3 is 10.4 Å². The largest absolute Gasteiger partial charge is 0.481 e. The molecular formula is C13H21NO3. The van der Waals surface area contributed by atoms with Crippen molar-refractivity contribution in [1.29, 1.82) is 0 Å². The van der Waals surface area contributed by atoms with Crippen LogP contribution < -0.4 is 5.32 Å². The molecule has 96 valence electrons. The van der Waals surface area contributed by atoms with E-state index in [9.17, 15) is 9.59 Å². The molecule has 1 atom stereocenters. The van der Waals surface area contributed by atoms with E-state index in [2.05, 4.69) is 5.32 Å². The van der Waals surface area contributed by atoms with Gasteiger partial charge in [-0.25, -0.2) is 0 Å². The topological polar surface area (TPSA) is 66.4 Å². The molecule has 0 saturated heterocycles. The molecule has 4 heteroatoms. The second-order valence-corrected chi connectivity index (χ2v) is 5.47. The van der Waals surface area contributed by atoms with E-state index in [0.717, 1.165) is 12.8 Å². The minimum absolute atomic E-state index is 0.197. The third-order valence-corrected chi connectivity index (χ3v) is 4.22. The Hall–Kier alpha value is -1.06. The Morgan fingerprint density at radius 1 is 1.24 bits per heavy atom. The Bertz CT molecular complexity index is 308. The lowest BCUT2D eigenvalue weighted by atomic mass is 10.0. The van der Waals surface area contributed by atoms with Crippen molar-refractivity contribution < 1.29 is 14.7 Å². The van der Waals surface area contributed by atoms with Crippen LogP contribution in [0.25, 0.3) is 0 Å². The van der Waals surface area contributed by atoms with Gasteiger partial charge in [-0.3, -0.25) is 9.59 Å². The average molecular weight is 239 g/mol. The Labute approximate surface area is 102 Å². The minimum Gasteiger partial charge on any atom is -0.481 e. The molecule has 0 radical (unpaired) electrons. The highest BCUT2D eigenvalue weighted by Crippen LogP contribution is 2.62. The third-order valence-electron chi connectivity index (χ3n) is 4.22. The van der Waals surface area contributed by atoms with Gasteiger partial charge in [0.1, 0.15) is 0 Å². The summed E-state index contributed by atoms with van der Waals surface area (Å²) in [6.45, 7) is 0.624. The lowest BCUT2D eigenvalue weighted by Gasteiger charge is -2.08. The Morgan fingerprint density at radius 3 is 2.59 bits per heavy atom. The van der Waals surface area contributed by atoms with Crippen LogP contribution in [0.1, 0.15) is 51.4 Å². The molecule has 4 nitrogen and oxygen atoms in total. The zero-order chi connectivity index (χ0) is 12.3. The molecule has 1 amide bonds. The fraction of sp³-hybridized carbons (Fsp3) is 0.846.